The zero-order valence-electron chi connectivity index (χ0n) is 19.4. The van der Waals surface area contributed by atoms with Crippen LogP contribution in [0.2, 0.25) is 5.02 Å². The van der Waals surface area contributed by atoms with E-state index in [1.54, 1.807) is 73.7 Å². The van der Waals surface area contributed by atoms with Crippen LogP contribution in [0, 0.1) is 6.92 Å². The van der Waals surface area contributed by atoms with Gasteiger partial charge < -0.3 is 10.6 Å². The van der Waals surface area contributed by atoms with E-state index in [2.05, 4.69) is 10.6 Å². The lowest BCUT2D eigenvalue weighted by Gasteiger charge is -2.18. The van der Waals surface area contributed by atoms with Crippen molar-refractivity contribution >= 4 is 63.8 Å². The molecule has 1 aliphatic heterocycles. The summed E-state index contributed by atoms with van der Waals surface area (Å²) in [5.74, 6) is -1.50. The summed E-state index contributed by atoms with van der Waals surface area (Å²) in [5.41, 5.74) is 3.34. The van der Waals surface area contributed by atoms with E-state index in [0.717, 1.165) is 10.5 Å². The summed E-state index contributed by atoms with van der Waals surface area (Å²) in [7, 11) is 0. The molecule has 3 amide bonds. The van der Waals surface area contributed by atoms with Crippen molar-refractivity contribution in [3.63, 3.8) is 0 Å². The van der Waals surface area contributed by atoms with Gasteiger partial charge in [0.25, 0.3) is 11.8 Å². The first-order chi connectivity index (χ1) is 17.2. The van der Waals surface area contributed by atoms with Crippen LogP contribution in [0.15, 0.2) is 77.5 Å². The first-order valence-electron chi connectivity index (χ1n) is 11.0. The van der Waals surface area contributed by atoms with Crippen LogP contribution in [0.25, 0.3) is 0 Å². The average Bonchev–Trinajstić information content (AvgIpc) is 3.05. The highest BCUT2D eigenvalue weighted by atomic mass is 35.5. The molecule has 3 aromatic carbocycles. The maximum Gasteiger partial charge on any atom is 0.283 e. The molecule has 0 bridgehead atoms. The molecule has 182 valence electrons. The van der Waals surface area contributed by atoms with E-state index in [9.17, 15) is 19.2 Å². The van der Waals surface area contributed by atoms with E-state index in [-0.39, 0.29) is 28.8 Å². The van der Waals surface area contributed by atoms with E-state index < -0.39 is 11.8 Å². The van der Waals surface area contributed by atoms with Crippen LogP contribution in [0.5, 0.6) is 0 Å². The third kappa shape index (κ3) is 5.17. The molecule has 4 rings (SSSR count). The number of nitrogens with zero attached hydrogens (tertiary/aromatic N) is 1. The molecule has 0 radical (unpaired) electrons. The zero-order valence-corrected chi connectivity index (χ0v) is 20.9. The summed E-state index contributed by atoms with van der Waals surface area (Å²) in [6.07, 6.45) is 0.122. The molecule has 0 atom stereocenters. The lowest BCUT2D eigenvalue weighted by molar-refractivity contribution is -0.120. The topological polar surface area (TPSA) is 95.6 Å². The third-order valence-electron chi connectivity index (χ3n) is 5.67. The number of rotatable bonds is 7. The van der Waals surface area contributed by atoms with Crippen molar-refractivity contribution in [3.8, 4) is 0 Å². The van der Waals surface area contributed by atoms with E-state index in [1.807, 2.05) is 0 Å². The van der Waals surface area contributed by atoms with E-state index in [1.165, 1.54) is 6.92 Å². The summed E-state index contributed by atoms with van der Waals surface area (Å²) in [6, 6.07) is 18.4. The largest absolute Gasteiger partial charge is 0.350 e. The Morgan fingerprint density at radius 1 is 0.861 bits per heavy atom. The Labute approximate surface area is 217 Å². The number of carbonyl (C=O) groups excluding carboxylic acids is 4. The second-order valence-corrected chi connectivity index (χ2v) is 8.98. The van der Waals surface area contributed by atoms with Gasteiger partial charge in [0, 0.05) is 22.0 Å². The van der Waals surface area contributed by atoms with Gasteiger partial charge in [-0.2, -0.15) is 0 Å². The van der Waals surface area contributed by atoms with Crippen LogP contribution in [0.3, 0.4) is 0 Å². The monoisotopic (exact) mass is 521 g/mol. The van der Waals surface area contributed by atoms with Gasteiger partial charge in [0.05, 0.1) is 12.1 Å². The first-order valence-corrected chi connectivity index (χ1v) is 11.7. The molecule has 7 nitrogen and oxygen atoms in total. The summed E-state index contributed by atoms with van der Waals surface area (Å²) in [4.78, 5) is 50.5. The molecule has 0 unspecified atom stereocenters. The van der Waals surface area contributed by atoms with Crippen molar-refractivity contribution in [2.45, 2.75) is 20.3 Å². The van der Waals surface area contributed by atoms with E-state index >= 15 is 0 Å². The van der Waals surface area contributed by atoms with Gasteiger partial charge in [0.2, 0.25) is 5.91 Å². The fraction of sp³-hybridized carbons (Fsp3) is 0.111. The summed E-state index contributed by atoms with van der Waals surface area (Å²) in [6.45, 7) is 3.20. The molecule has 9 heteroatoms. The minimum Gasteiger partial charge on any atom is -0.350 e. The molecular weight excluding hydrogens is 501 g/mol. The molecule has 1 aliphatic rings. The highest BCUT2D eigenvalue weighted by Gasteiger charge is 2.39. The number of Topliss-reactive ketones (excluding diaryl/α,β-unsaturated/α-hetero) is 1. The number of imide groups is 1. The molecule has 1 heterocycles. The molecular formula is C27H21Cl2N3O4. The molecule has 3 aromatic rings. The highest BCUT2D eigenvalue weighted by Crippen LogP contribution is 2.34. The smallest absolute Gasteiger partial charge is 0.283 e. The van der Waals surface area contributed by atoms with Gasteiger partial charge in [-0.3, -0.25) is 19.2 Å². The van der Waals surface area contributed by atoms with Crippen molar-refractivity contribution in [3.05, 3.63) is 99.2 Å². The Hall–Kier alpha value is -3.94. The Morgan fingerprint density at radius 3 is 2.14 bits per heavy atom. The maximum atomic E-state index is 13.0. The summed E-state index contributed by atoms with van der Waals surface area (Å²) in [5, 5.41) is 5.91. The lowest BCUT2D eigenvalue weighted by Crippen LogP contribution is -2.32. The SMILES string of the molecule is CC(=O)c1ccc(NC(=O)Cc2ccc(NC3=C(Cl)C(=O)N(c4cccc(Cl)c4C)C3=O)cc2)cc1. The van der Waals surface area contributed by atoms with Crippen molar-refractivity contribution in [2.75, 3.05) is 15.5 Å². The maximum absolute atomic E-state index is 13.0. The molecule has 36 heavy (non-hydrogen) atoms. The molecule has 0 aromatic heterocycles. The van der Waals surface area contributed by atoms with E-state index in [4.69, 9.17) is 23.2 Å². The second kappa shape index (κ2) is 10.4. The van der Waals surface area contributed by atoms with Crippen LogP contribution < -0.4 is 15.5 Å². The molecule has 0 spiro atoms. The fourth-order valence-corrected chi connectivity index (χ4v) is 4.08. The van der Waals surface area contributed by atoms with Gasteiger partial charge >= 0.3 is 0 Å². The number of ketones is 1. The minimum absolute atomic E-state index is 0.0412. The predicted octanol–water partition coefficient (Wildman–Crippen LogP) is 5.47. The van der Waals surface area contributed by atoms with Gasteiger partial charge in [-0.1, -0.05) is 41.4 Å². The number of carbonyl (C=O) groups is 4. The van der Waals surface area contributed by atoms with Gasteiger partial charge in [0.1, 0.15) is 10.7 Å². The van der Waals surface area contributed by atoms with Crippen molar-refractivity contribution in [2.24, 2.45) is 0 Å². The lowest BCUT2D eigenvalue weighted by atomic mass is 10.1. The first kappa shape index (κ1) is 25.2. The van der Waals surface area contributed by atoms with Crippen LogP contribution in [-0.4, -0.2) is 23.5 Å². The number of hydrogen-bond acceptors (Lipinski definition) is 5. The summed E-state index contributed by atoms with van der Waals surface area (Å²) < 4.78 is 0. The Bertz CT molecular complexity index is 1410. The predicted molar refractivity (Wildman–Crippen MR) is 140 cm³/mol. The Balaban J connectivity index is 1.41. The highest BCUT2D eigenvalue weighted by molar-refractivity contribution is 6.53. The standard InChI is InChI=1S/C27H21Cl2N3O4/c1-15-21(28)4-3-5-22(15)32-26(35)24(29)25(27(32)36)31-20-10-6-17(7-11-20)14-23(34)30-19-12-8-18(9-13-19)16(2)33/h3-13,31H,14H2,1-2H3,(H,30,34). The summed E-state index contributed by atoms with van der Waals surface area (Å²) >= 11 is 12.4. The van der Waals surface area contributed by atoms with Gasteiger partial charge in [-0.15, -0.1) is 0 Å². The van der Waals surface area contributed by atoms with Crippen LogP contribution in [0.1, 0.15) is 28.4 Å². The van der Waals surface area contributed by atoms with Gasteiger partial charge in [-0.25, -0.2) is 4.90 Å². The van der Waals surface area contributed by atoms with Crippen LogP contribution >= 0.6 is 23.2 Å². The normalized spacial score (nSPS) is 13.3. The zero-order chi connectivity index (χ0) is 26.0. The van der Waals surface area contributed by atoms with Gasteiger partial charge in [0.15, 0.2) is 5.78 Å². The molecule has 2 N–H and O–H groups in total. The number of amides is 3. The Morgan fingerprint density at radius 2 is 1.50 bits per heavy atom. The molecule has 0 saturated carbocycles. The third-order valence-corrected chi connectivity index (χ3v) is 6.43. The molecule has 0 fully saturated rings. The van der Waals surface area contributed by atoms with Gasteiger partial charge in [-0.05, 0) is 73.5 Å². The van der Waals surface area contributed by atoms with Crippen molar-refractivity contribution in [1.29, 1.82) is 0 Å². The second-order valence-electron chi connectivity index (χ2n) is 8.20. The molecule has 0 saturated heterocycles. The number of halogens is 2. The van der Waals surface area contributed by atoms with Crippen LogP contribution in [0.4, 0.5) is 17.1 Å². The quantitative estimate of drug-likeness (QED) is 0.317. The number of benzene rings is 3. The number of nitrogens with one attached hydrogen (secondary N) is 2. The fourth-order valence-electron chi connectivity index (χ4n) is 3.70. The number of anilines is 3. The molecule has 0 aliphatic carbocycles. The van der Waals surface area contributed by atoms with Crippen LogP contribution in [-0.2, 0) is 20.8 Å². The minimum atomic E-state index is -0.640. The average molecular weight is 522 g/mol. The van der Waals surface area contributed by atoms with Crippen molar-refractivity contribution in [1.82, 2.24) is 0 Å². The number of hydrogen-bond donors (Lipinski definition) is 2. The Kier molecular flexibility index (Phi) is 7.24. The van der Waals surface area contributed by atoms with E-state index in [0.29, 0.717) is 33.2 Å². The van der Waals surface area contributed by atoms with Crippen molar-refractivity contribution < 1.29 is 19.2 Å².